The molecule has 0 aliphatic carbocycles. The van der Waals surface area contributed by atoms with Gasteiger partial charge in [0.15, 0.2) is 0 Å². The Labute approximate surface area is 95.3 Å². The lowest BCUT2D eigenvalue weighted by Gasteiger charge is -2.28. The smallest absolute Gasteiger partial charge is 0.417 e. The zero-order valence-corrected chi connectivity index (χ0v) is 8.90. The number of rotatable bonds is 2. The molecule has 0 atom stereocenters. The molecule has 1 saturated heterocycles. The van der Waals surface area contributed by atoms with Gasteiger partial charge in [0.05, 0.1) is 10.6 Å². The highest BCUT2D eigenvalue weighted by molar-refractivity contribution is 6.31. The SMILES string of the molecule is FC(F)(F)c1cc(OC2CNC2)ccc1Cl. The third-order valence-electron chi connectivity index (χ3n) is 2.29. The average Bonchev–Trinajstić information content (AvgIpc) is 2.12. The molecule has 0 saturated carbocycles. The normalized spacial score (nSPS) is 17.0. The van der Waals surface area contributed by atoms with Crippen LogP contribution in [0.1, 0.15) is 5.56 Å². The maximum Gasteiger partial charge on any atom is 0.417 e. The van der Waals surface area contributed by atoms with Crippen molar-refractivity contribution in [1.82, 2.24) is 5.32 Å². The third-order valence-corrected chi connectivity index (χ3v) is 2.62. The third kappa shape index (κ3) is 2.41. The van der Waals surface area contributed by atoms with E-state index in [0.29, 0.717) is 13.1 Å². The molecule has 6 heteroatoms. The minimum atomic E-state index is -4.45. The topological polar surface area (TPSA) is 21.3 Å². The minimum Gasteiger partial charge on any atom is -0.488 e. The number of alkyl halides is 3. The fraction of sp³-hybridized carbons (Fsp3) is 0.400. The van der Waals surface area contributed by atoms with Crippen LogP contribution in [0.2, 0.25) is 5.02 Å². The van der Waals surface area contributed by atoms with Gasteiger partial charge in [-0.3, -0.25) is 0 Å². The first-order valence-corrected chi connectivity index (χ1v) is 5.09. The van der Waals surface area contributed by atoms with E-state index in [2.05, 4.69) is 5.32 Å². The molecule has 0 amide bonds. The molecule has 2 nitrogen and oxygen atoms in total. The van der Waals surface area contributed by atoms with Crippen LogP contribution >= 0.6 is 11.6 Å². The summed E-state index contributed by atoms with van der Waals surface area (Å²) in [6, 6.07) is 3.57. The largest absolute Gasteiger partial charge is 0.488 e. The Morgan fingerprint density at radius 2 is 2.00 bits per heavy atom. The van der Waals surface area contributed by atoms with Crippen molar-refractivity contribution in [2.24, 2.45) is 0 Å². The van der Waals surface area contributed by atoms with Gasteiger partial charge in [0, 0.05) is 13.1 Å². The summed E-state index contributed by atoms with van der Waals surface area (Å²) >= 11 is 5.48. The molecule has 0 unspecified atom stereocenters. The predicted octanol–water partition coefficient (Wildman–Crippen LogP) is 2.71. The molecule has 0 radical (unpaired) electrons. The molecule has 2 rings (SSSR count). The fourth-order valence-corrected chi connectivity index (χ4v) is 1.56. The zero-order valence-electron chi connectivity index (χ0n) is 8.14. The van der Waals surface area contributed by atoms with Crippen LogP contribution in [0.3, 0.4) is 0 Å². The maximum atomic E-state index is 12.5. The Bertz CT molecular complexity index is 390. The van der Waals surface area contributed by atoms with Crippen LogP contribution in [0, 0.1) is 0 Å². The molecule has 1 N–H and O–H groups in total. The first-order valence-electron chi connectivity index (χ1n) is 4.71. The number of nitrogens with one attached hydrogen (secondary N) is 1. The van der Waals surface area contributed by atoms with Crippen LogP contribution < -0.4 is 10.1 Å². The van der Waals surface area contributed by atoms with Gasteiger partial charge in [0.2, 0.25) is 0 Å². The lowest BCUT2D eigenvalue weighted by atomic mass is 10.2. The van der Waals surface area contributed by atoms with E-state index >= 15 is 0 Å². The number of halogens is 4. The van der Waals surface area contributed by atoms with E-state index in [0.717, 1.165) is 6.07 Å². The quantitative estimate of drug-likeness (QED) is 0.873. The van der Waals surface area contributed by atoms with Gasteiger partial charge in [-0.05, 0) is 18.2 Å². The molecule has 16 heavy (non-hydrogen) atoms. The average molecular weight is 252 g/mol. The summed E-state index contributed by atoms with van der Waals surface area (Å²) in [4.78, 5) is 0. The molecule has 1 aromatic carbocycles. The number of hydrogen-bond donors (Lipinski definition) is 1. The standard InChI is InChI=1S/C10H9ClF3NO/c11-9-2-1-6(16-7-4-15-5-7)3-8(9)10(12,13)14/h1-3,7,15H,4-5H2. The van der Waals surface area contributed by atoms with E-state index in [9.17, 15) is 13.2 Å². The maximum absolute atomic E-state index is 12.5. The molecule has 0 spiro atoms. The van der Waals surface area contributed by atoms with E-state index in [1.807, 2.05) is 0 Å². The van der Waals surface area contributed by atoms with Crippen molar-refractivity contribution in [1.29, 1.82) is 0 Å². The minimum absolute atomic E-state index is 0.0535. The van der Waals surface area contributed by atoms with Gasteiger partial charge >= 0.3 is 6.18 Å². The fourth-order valence-electron chi connectivity index (χ4n) is 1.33. The van der Waals surface area contributed by atoms with Gasteiger partial charge in [-0.15, -0.1) is 0 Å². The number of hydrogen-bond acceptors (Lipinski definition) is 2. The van der Waals surface area contributed by atoms with Crippen LogP contribution in [0.5, 0.6) is 5.75 Å². The molecule has 1 aromatic rings. The van der Waals surface area contributed by atoms with Crippen LogP contribution in [-0.4, -0.2) is 19.2 Å². The van der Waals surface area contributed by atoms with Crippen molar-refractivity contribution in [2.45, 2.75) is 12.3 Å². The summed E-state index contributed by atoms with van der Waals surface area (Å²) in [6.07, 6.45) is -4.50. The summed E-state index contributed by atoms with van der Waals surface area (Å²) in [5.41, 5.74) is -0.862. The second kappa shape index (κ2) is 4.14. The van der Waals surface area contributed by atoms with Crippen molar-refractivity contribution in [3.05, 3.63) is 28.8 Å². The van der Waals surface area contributed by atoms with Gasteiger partial charge in [-0.1, -0.05) is 11.6 Å². The monoisotopic (exact) mass is 251 g/mol. The molecular formula is C10H9ClF3NO. The molecular weight excluding hydrogens is 243 g/mol. The van der Waals surface area contributed by atoms with E-state index in [1.165, 1.54) is 12.1 Å². The summed E-state index contributed by atoms with van der Waals surface area (Å²) in [6.45, 7) is 1.31. The molecule has 88 valence electrons. The Morgan fingerprint density at radius 3 is 2.50 bits per heavy atom. The second-order valence-electron chi connectivity index (χ2n) is 3.54. The van der Waals surface area contributed by atoms with Crippen LogP contribution in [0.15, 0.2) is 18.2 Å². The van der Waals surface area contributed by atoms with Crippen molar-refractivity contribution >= 4 is 11.6 Å². The molecule has 1 heterocycles. The van der Waals surface area contributed by atoms with E-state index in [-0.39, 0.29) is 16.9 Å². The zero-order chi connectivity index (χ0) is 11.8. The van der Waals surface area contributed by atoms with E-state index in [4.69, 9.17) is 16.3 Å². The molecule has 1 aliphatic heterocycles. The highest BCUT2D eigenvalue weighted by Gasteiger charge is 2.33. The van der Waals surface area contributed by atoms with Gasteiger partial charge in [0.25, 0.3) is 0 Å². The Morgan fingerprint density at radius 1 is 1.31 bits per heavy atom. The predicted molar refractivity (Wildman–Crippen MR) is 53.7 cm³/mol. The first kappa shape index (κ1) is 11.5. The molecule has 0 bridgehead atoms. The number of benzene rings is 1. The van der Waals surface area contributed by atoms with Gasteiger partial charge in [0.1, 0.15) is 11.9 Å². The van der Waals surface area contributed by atoms with Gasteiger partial charge in [-0.2, -0.15) is 13.2 Å². The number of ether oxygens (including phenoxy) is 1. The Balaban J connectivity index is 2.20. The summed E-state index contributed by atoms with van der Waals surface area (Å²) < 4.78 is 42.8. The van der Waals surface area contributed by atoms with Gasteiger partial charge < -0.3 is 10.1 Å². The summed E-state index contributed by atoms with van der Waals surface area (Å²) in [5.74, 6) is 0.197. The van der Waals surface area contributed by atoms with Crippen LogP contribution in [0.25, 0.3) is 0 Å². The molecule has 0 aromatic heterocycles. The first-order chi connectivity index (χ1) is 7.47. The van der Waals surface area contributed by atoms with Crippen molar-refractivity contribution in [2.75, 3.05) is 13.1 Å². The molecule has 1 aliphatic rings. The van der Waals surface area contributed by atoms with E-state index in [1.54, 1.807) is 0 Å². The van der Waals surface area contributed by atoms with E-state index < -0.39 is 11.7 Å². The summed E-state index contributed by atoms with van der Waals surface area (Å²) in [7, 11) is 0. The molecule has 1 fully saturated rings. The van der Waals surface area contributed by atoms with Gasteiger partial charge in [-0.25, -0.2) is 0 Å². The van der Waals surface area contributed by atoms with Crippen LogP contribution in [-0.2, 0) is 6.18 Å². The lowest BCUT2D eigenvalue weighted by Crippen LogP contribution is -2.50. The van der Waals surface area contributed by atoms with Crippen molar-refractivity contribution in [3.63, 3.8) is 0 Å². The van der Waals surface area contributed by atoms with Crippen molar-refractivity contribution < 1.29 is 17.9 Å². The highest BCUT2D eigenvalue weighted by atomic mass is 35.5. The second-order valence-corrected chi connectivity index (χ2v) is 3.94. The van der Waals surface area contributed by atoms with Crippen molar-refractivity contribution in [3.8, 4) is 5.75 Å². The highest BCUT2D eigenvalue weighted by Crippen LogP contribution is 2.36. The Kier molecular flexibility index (Phi) is 2.99. The van der Waals surface area contributed by atoms with Crippen LogP contribution in [0.4, 0.5) is 13.2 Å². The lowest BCUT2D eigenvalue weighted by molar-refractivity contribution is -0.137. The Hall–Kier alpha value is -0.940. The summed E-state index contributed by atoms with van der Waals surface area (Å²) in [5, 5.41) is 2.65.